The molecule has 2 aromatic heterocycles. The Morgan fingerprint density at radius 1 is 0.338 bits per heavy atom. The minimum Gasteiger partial charge on any atom is -0.455 e. The van der Waals surface area contributed by atoms with Crippen molar-refractivity contribution in [2.45, 2.75) is 64.7 Å². The molecule has 9 aromatic carbocycles. The zero-order chi connectivity index (χ0) is 46.0. The minimum absolute atomic E-state index is 0.0921. The number of hydrogen-bond acceptors (Lipinski definition) is 2. The van der Waals surface area contributed by atoms with Gasteiger partial charge in [0, 0.05) is 43.5 Å². The standard InChI is InChI=1S/C64H50O2Si2/c1-63(2)47-21-13-9-17-37(47)39-27-25-35(29-49(39)63)43-31-56-59(62-57(43)41-19-11-15-23-51(41)66-62)46-34-53-45(33-54(46)68(56,7)8)58-55(67(53,5)6)32-44(61-60(58)42-20-12-16-24-52(42)65-61)36-26-28-40-38-18-10-14-22-48(38)64(3,4)50(40)30-36/h9-34H,1-8H3. The van der Waals surface area contributed by atoms with E-state index in [4.69, 9.17) is 8.83 Å². The van der Waals surface area contributed by atoms with Gasteiger partial charge in [-0.15, -0.1) is 0 Å². The van der Waals surface area contributed by atoms with Crippen LogP contribution < -0.4 is 20.7 Å². The predicted octanol–water partition coefficient (Wildman–Crippen LogP) is 15.0. The van der Waals surface area contributed by atoms with Gasteiger partial charge in [0.1, 0.15) is 38.5 Å². The first kappa shape index (κ1) is 39.1. The summed E-state index contributed by atoms with van der Waals surface area (Å²) in [4.78, 5) is 0. The normalized spacial score (nSPS) is 16.7. The van der Waals surface area contributed by atoms with E-state index in [0.29, 0.717) is 0 Å². The van der Waals surface area contributed by atoms with Crippen LogP contribution in [-0.4, -0.2) is 16.1 Å². The summed E-state index contributed by atoms with van der Waals surface area (Å²) in [5.74, 6) is 0. The molecule has 2 nitrogen and oxygen atoms in total. The van der Waals surface area contributed by atoms with Crippen LogP contribution in [0, 0.1) is 0 Å². The number of rotatable bonds is 2. The van der Waals surface area contributed by atoms with Gasteiger partial charge in [-0.2, -0.15) is 0 Å². The van der Waals surface area contributed by atoms with Crippen molar-refractivity contribution >= 4 is 80.8 Å². The minimum atomic E-state index is -2.31. The molecule has 2 aliphatic heterocycles. The SMILES string of the molecule is CC1(C)c2ccccc2-c2ccc(-c3cc4c(c5c3oc3ccccc35)-c3cc5c(cc3[Si]4(C)C)-c3c(cc(-c4ccc6c(c4)C(C)(C)c4ccccc4-6)c4c3oc3ccccc34)[Si]5(C)C)cc21. The van der Waals surface area contributed by atoms with Gasteiger partial charge in [0.25, 0.3) is 0 Å². The topological polar surface area (TPSA) is 26.3 Å². The molecular weight excluding hydrogens is 857 g/mol. The number of hydrogen-bond donors (Lipinski definition) is 0. The third-order valence-electron chi connectivity index (χ3n) is 17.5. The molecule has 0 spiro atoms. The molecule has 4 aliphatic rings. The van der Waals surface area contributed by atoms with Crippen molar-refractivity contribution in [1.29, 1.82) is 0 Å². The van der Waals surface area contributed by atoms with Crippen LogP contribution in [0.1, 0.15) is 49.9 Å². The maximum atomic E-state index is 7.17. The van der Waals surface area contributed by atoms with Gasteiger partial charge in [0.05, 0.1) is 0 Å². The van der Waals surface area contributed by atoms with Crippen LogP contribution in [0.4, 0.5) is 0 Å². The van der Waals surface area contributed by atoms with Crippen LogP contribution in [0.3, 0.4) is 0 Å². The van der Waals surface area contributed by atoms with E-state index in [1.54, 1.807) is 0 Å². The zero-order valence-electron chi connectivity index (χ0n) is 39.8. The van der Waals surface area contributed by atoms with Gasteiger partial charge in [-0.25, -0.2) is 0 Å². The second-order valence-electron chi connectivity index (χ2n) is 22.4. The number of benzene rings is 9. The predicted molar refractivity (Wildman–Crippen MR) is 291 cm³/mol. The summed E-state index contributed by atoms with van der Waals surface area (Å²) >= 11 is 0. The second-order valence-corrected chi connectivity index (χ2v) is 31.0. The molecule has 0 saturated heterocycles. The Morgan fingerprint density at radius 3 is 1.35 bits per heavy atom. The lowest BCUT2D eigenvalue weighted by Gasteiger charge is -2.23. The summed E-state index contributed by atoms with van der Waals surface area (Å²) in [6, 6.07) is 60.1. The van der Waals surface area contributed by atoms with Gasteiger partial charge >= 0.3 is 0 Å². The van der Waals surface area contributed by atoms with E-state index >= 15 is 0 Å². The van der Waals surface area contributed by atoms with Gasteiger partial charge in [0.2, 0.25) is 0 Å². The highest BCUT2D eigenvalue weighted by molar-refractivity contribution is 7.06. The molecule has 0 atom stereocenters. The fraction of sp³-hybridized carbons (Fsp3) is 0.156. The van der Waals surface area contributed by atoms with Crippen molar-refractivity contribution < 1.29 is 8.83 Å². The third kappa shape index (κ3) is 4.63. The van der Waals surface area contributed by atoms with Gasteiger partial charge in [-0.3, -0.25) is 0 Å². The van der Waals surface area contributed by atoms with E-state index in [-0.39, 0.29) is 10.8 Å². The van der Waals surface area contributed by atoms with Gasteiger partial charge in [0.15, 0.2) is 0 Å². The first-order valence-electron chi connectivity index (χ1n) is 24.4. The molecule has 2 aliphatic carbocycles. The van der Waals surface area contributed by atoms with E-state index in [2.05, 4.69) is 212 Å². The first-order valence-corrected chi connectivity index (χ1v) is 30.4. The summed E-state index contributed by atoms with van der Waals surface area (Å²) in [5, 5.41) is 10.8. The molecule has 68 heavy (non-hydrogen) atoms. The van der Waals surface area contributed by atoms with Crippen molar-refractivity contribution in [3.63, 3.8) is 0 Å². The second kappa shape index (κ2) is 12.6. The summed E-state index contributed by atoms with van der Waals surface area (Å²) in [6.07, 6.45) is 0. The molecule has 0 unspecified atom stereocenters. The Labute approximate surface area is 398 Å². The molecule has 0 radical (unpaired) electrons. The zero-order valence-corrected chi connectivity index (χ0v) is 41.8. The lowest BCUT2D eigenvalue weighted by atomic mass is 9.81. The van der Waals surface area contributed by atoms with Crippen LogP contribution in [0.25, 0.3) is 111 Å². The van der Waals surface area contributed by atoms with Gasteiger partial charge < -0.3 is 8.83 Å². The number of fused-ring (bicyclic) bond motifs is 20. The van der Waals surface area contributed by atoms with Crippen molar-refractivity contribution in [2.24, 2.45) is 0 Å². The van der Waals surface area contributed by atoms with E-state index in [1.165, 1.54) is 131 Å². The smallest absolute Gasteiger partial charge is 0.143 e. The lowest BCUT2D eigenvalue weighted by Crippen LogP contribution is -2.51. The number of para-hydroxylation sites is 2. The van der Waals surface area contributed by atoms with Crippen LogP contribution >= 0.6 is 0 Å². The van der Waals surface area contributed by atoms with Gasteiger partial charge in [-0.05, 0) is 123 Å². The molecule has 11 aromatic rings. The Balaban J connectivity index is 0.958. The highest BCUT2D eigenvalue weighted by Crippen LogP contribution is 2.53. The Kier molecular flexibility index (Phi) is 7.21. The van der Waals surface area contributed by atoms with E-state index in [0.717, 1.165) is 22.3 Å². The molecule has 0 N–H and O–H groups in total. The summed E-state index contributed by atoms with van der Waals surface area (Å²) in [7, 11) is -4.62. The van der Waals surface area contributed by atoms with Crippen LogP contribution in [0.5, 0.6) is 0 Å². The van der Waals surface area contributed by atoms with Crippen molar-refractivity contribution in [3.8, 4) is 66.8 Å². The summed E-state index contributed by atoms with van der Waals surface area (Å²) in [6.45, 7) is 19.8. The van der Waals surface area contributed by atoms with Crippen LogP contribution in [-0.2, 0) is 10.8 Å². The summed E-state index contributed by atoms with van der Waals surface area (Å²) in [5.41, 5.74) is 25.1. The molecule has 0 saturated carbocycles. The molecule has 326 valence electrons. The highest BCUT2D eigenvalue weighted by atomic mass is 28.3. The maximum Gasteiger partial charge on any atom is 0.143 e. The maximum absolute atomic E-state index is 7.17. The average molecular weight is 907 g/mol. The van der Waals surface area contributed by atoms with Crippen LogP contribution in [0.2, 0.25) is 26.2 Å². The molecule has 4 heteroatoms. The molecule has 15 rings (SSSR count). The fourth-order valence-corrected chi connectivity index (χ4v) is 20.0. The summed E-state index contributed by atoms with van der Waals surface area (Å²) < 4.78 is 14.2. The largest absolute Gasteiger partial charge is 0.455 e. The first-order chi connectivity index (χ1) is 32.7. The van der Waals surface area contributed by atoms with Gasteiger partial charge in [-0.1, -0.05) is 187 Å². The highest BCUT2D eigenvalue weighted by Gasteiger charge is 2.47. The van der Waals surface area contributed by atoms with Crippen molar-refractivity contribution in [3.05, 3.63) is 180 Å². The van der Waals surface area contributed by atoms with Crippen LogP contribution in [0.15, 0.2) is 167 Å². The Morgan fingerprint density at radius 2 is 0.765 bits per heavy atom. The van der Waals surface area contributed by atoms with E-state index in [1.807, 2.05) is 0 Å². The Bertz CT molecular complexity index is 4150. The lowest BCUT2D eigenvalue weighted by molar-refractivity contribution is 0.660. The molecular formula is C64H50O2Si2. The molecule has 4 heterocycles. The van der Waals surface area contributed by atoms with E-state index < -0.39 is 16.1 Å². The average Bonchev–Trinajstić information content (AvgIpc) is 4.13. The number of furan rings is 2. The van der Waals surface area contributed by atoms with E-state index in [9.17, 15) is 0 Å². The molecule has 0 bridgehead atoms. The fourth-order valence-electron chi connectivity index (χ4n) is 13.9. The van der Waals surface area contributed by atoms with Crippen molar-refractivity contribution in [2.75, 3.05) is 0 Å². The monoisotopic (exact) mass is 906 g/mol. The van der Waals surface area contributed by atoms with Crippen molar-refractivity contribution in [1.82, 2.24) is 0 Å². The molecule has 0 amide bonds. The quantitative estimate of drug-likeness (QED) is 0.162. The molecule has 0 fully saturated rings. The third-order valence-corrected chi connectivity index (χ3v) is 24.5. The Hall–Kier alpha value is -6.99.